The van der Waals surface area contributed by atoms with Crippen molar-refractivity contribution in [1.82, 2.24) is 9.88 Å². The summed E-state index contributed by atoms with van der Waals surface area (Å²) in [6, 6.07) is 8.41. The largest absolute Gasteiger partial charge is 0.477 e. The lowest BCUT2D eigenvalue weighted by Crippen LogP contribution is -2.47. The molecule has 0 saturated carbocycles. The molecule has 5 nitrogen and oxygen atoms in total. The van der Waals surface area contributed by atoms with Gasteiger partial charge in [-0.05, 0) is 25.1 Å². The SMILES string of the molecule is CC(c1ccc(F)cc1F)N1CCN(c2cccc(C(=O)O)n2)CC1. The molecule has 0 amide bonds. The fourth-order valence-corrected chi connectivity index (χ4v) is 3.09. The topological polar surface area (TPSA) is 56.7 Å². The molecule has 0 aliphatic carbocycles. The van der Waals surface area contributed by atoms with Crippen molar-refractivity contribution >= 4 is 11.8 Å². The fraction of sp³-hybridized carbons (Fsp3) is 0.333. The molecule has 132 valence electrons. The Morgan fingerprint density at radius 3 is 2.52 bits per heavy atom. The van der Waals surface area contributed by atoms with E-state index in [0.29, 0.717) is 37.6 Å². The van der Waals surface area contributed by atoms with Gasteiger partial charge >= 0.3 is 5.97 Å². The minimum absolute atomic E-state index is 0.0154. The predicted molar refractivity (Wildman–Crippen MR) is 89.8 cm³/mol. The maximum absolute atomic E-state index is 14.0. The molecule has 2 heterocycles. The van der Waals surface area contributed by atoms with Gasteiger partial charge in [0.1, 0.15) is 17.5 Å². The van der Waals surface area contributed by atoms with Gasteiger partial charge in [0.25, 0.3) is 0 Å². The molecule has 1 aromatic heterocycles. The molecule has 0 bridgehead atoms. The molecule has 7 heteroatoms. The molecule has 0 radical (unpaired) electrons. The number of aromatic carboxylic acids is 1. The summed E-state index contributed by atoms with van der Waals surface area (Å²) in [7, 11) is 0. The monoisotopic (exact) mass is 347 g/mol. The van der Waals surface area contributed by atoms with Crippen molar-refractivity contribution in [3.05, 3.63) is 59.3 Å². The smallest absolute Gasteiger partial charge is 0.354 e. The Morgan fingerprint density at radius 2 is 1.88 bits per heavy atom. The van der Waals surface area contributed by atoms with Gasteiger partial charge in [-0.15, -0.1) is 0 Å². The first-order valence-electron chi connectivity index (χ1n) is 8.10. The number of piperazine rings is 1. The van der Waals surface area contributed by atoms with Gasteiger partial charge in [-0.3, -0.25) is 4.90 Å². The number of hydrogen-bond acceptors (Lipinski definition) is 4. The van der Waals surface area contributed by atoms with E-state index in [1.54, 1.807) is 12.1 Å². The van der Waals surface area contributed by atoms with Gasteiger partial charge in [-0.1, -0.05) is 12.1 Å². The standard InChI is InChI=1S/C18H19F2N3O2/c1-12(14-6-5-13(19)11-15(14)20)22-7-9-23(10-8-22)17-4-2-3-16(21-17)18(24)25/h2-6,11-12H,7-10H2,1H3,(H,24,25). The third-order valence-electron chi connectivity index (χ3n) is 4.55. The third-order valence-corrected chi connectivity index (χ3v) is 4.55. The Balaban J connectivity index is 1.67. The van der Waals surface area contributed by atoms with Crippen LogP contribution >= 0.6 is 0 Å². The van der Waals surface area contributed by atoms with E-state index in [1.165, 1.54) is 18.2 Å². The van der Waals surface area contributed by atoms with Gasteiger partial charge in [0.15, 0.2) is 5.69 Å². The molecule has 1 aromatic carbocycles. The fourth-order valence-electron chi connectivity index (χ4n) is 3.09. The number of anilines is 1. The van der Waals surface area contributed by atoms with Crippen LogP contribution in [0.1, 0.15) is 29.0 Å². The molecule has 1 saturated heterocycles. The van der Waals surface area contributed by atoms with Gasteiger partial charge in [-0.2, -0.15) is 0 Å². The van der Waals surface area contributed by atoms with Crippen LogP contribution in [0.5, 0.6) is 0 Å². The van der Waals surface area contributed by atoms with E-state index in [4.69, 9.17) is 5.11 Å². The van der Waals surface area contributed by atoms with Crippen LogP contribution in [0, 0.1) is 11.6 Å². The summed E-state index contributed by atoms with van der Waals surface area (Å²) in [5.41, 5.74) is 0.488. The lowest BCUT2D eigenvalue weighted by Gasteiger charge is -2.38. The quantitative estimate of drug-likeness (QED) is 0.922. The molecule has 3 rings (SSSR count). The van der Waals surface area contributed by atoms with E-state index in [1.807, 2.05) is 11.8 Å². The number of carboxylic acids is 1. The summed E-state index contributed by atoms with van der Waals surface area (Å²) in [6.45, 7) is 4.57. The van der Waals surface area contributed by atoms with Crippen LogP contribution in [-0.2, 0) is 0 Å². The number of aromatic nitrogens is 1. The highest BCUT2D eigenvalue weighted by Gasteiger charge is 2.25. The molecule has 1 aliphatic rings. The highest BCUT2D eigenvalue weighted by atomic mass is 19.1. The van der Waals surface area contributed by atoms with Crippen molar-refractivity contribution in [3.8, 4) is 0 Å². The second-order valence-electron chi connectivity index (χ2n) is 6.05. The summed E-state index contributed by atoms with van der Waals surface area (Å²) in [4.78, 5) is 19.3. The van der Waals surface area contributed by atoms with Crippen molar-refractivity contribution in [3.63, 3.8) is 0 Å². The Kier molecular flexibility index (Phi) is 4.94. The van der Waals surface area contributed by atoms with Crippen molar-refractivity contribution in [1.29, 1.82) is 0 Å². The minimum atomic E-state index is -1.05. The molecule has 1 fully saturated rings. The number of carboxylic acid groups (broad SMARTS) is 1. The second kappa shape index (κ2) is 7.14. The molecule has 1 aliphatic heterocycles. The highest BCUT2D eigenvalue weighted by Crippen LogP contribution is 2.25. The summed E-state index contributed by atoms with van der Waals surface area (Å²) in [5, 5.41) is 9.04. The van der Waals surface area contributed by atoms with E-state index in [9.17, 15) is 13.6 Å². The molecule has 1 N–H and O–H groups in total. The van der Waals surface area contributed by atoms with Gasteiger partial charge < -0.3 is 10.0 Å². The highest BCUT2D eigenvalue weighted by molar-refractivity contribution is 5.85. The Hall–Kier alpha value is -2.54. The minimum Gasteiger partial charge on any atom is -0.477 e. The third kappa shape index (κ3) is 3.76. The zero-order valence-electron chi connectivity index (χ0n) is 13.8. The number of hydrogen-bond donors (Lipinski definition) is 1. The molecule has 1 atom stereocenters. The summed E-state index contributed by atoms with van der Waals surface area (Å²) < 4.78 is 27.0. The predicted octanol–water partition coefficient (Wildman–Crippen LogP) is 2.94. The van der Waals surface area contributed by atoms with E-state index < -0.39 is 17.6 Å². The van der Waals surface area contributed by atoms with Crippen LogP contribution in [-0.4, -0.2) is 47.1 Å². The van der Waals surface area contributed by atoms with Crippen LogP contribution in [0.15, 0.2) is 36.4 Å². The molecular formula is C18H19F2N3O2. The number of pyridine rings is 1. The van der Waals surface area contributed by atoms with Gasteiger partial charge in [0.2, 0.25) is 0 Å². The summed E-state index contributed by atoms with van der Waals surface area (Å²) in [5.74, 6) is -1.55. The first kappa shape index (κ1) is 17.3. The molecule has 1 unspecified atom stereocenters. The molecule has 0 spiro atoms. The van der Waals surface area contributed by atoms with E-state index in [2.05, 4.69) is 9.88 Å². The van der Waals surface area contributed by atoms with Crippen molar-refractivity contribution < 1.29 is 18.7 Å². The van der Waals surface area contributed by atoms with E-state index >= 15 is 0 Å². The lowest BCUT2D eigenvalue weighted by atomic mass is 10.1. The van der Waals surface area contributed by atoms with Gasteiger partial charge in [0, 0.05) is 43.9 Å². The van der Waals surface area contributed by atoms with E-state index in [-0.39, 0.29) is 11.7 Å². The number of halogens is 2. The van der Waals surface area contributed by atoms with Crippen LogP contribution < -0.4 is 4.90 Å². The van der Waals surface area contributed by atoms with Crippen LogP contribution in [0.4, 0.5) is 14.6 Å². The van der Waals surface area contributed by atoms with Crippen molar-refractivity contribution in [2.24, 2.45) is 0 Å². The summed E-state index contributed by atoms with van der Waals surface area (Å²) in [6.07, 6.45) is 0. The van der Waals surface area contributed by atoms with Crippen molar-refractivity contribution in [2.45, 2.75) is 13.0 Å². The first-order valence-corrected chi connectivity index (χ1v) is 8.10. The van der Waals surface area contributed by atoms with Crippen LogP contribution in [0.25, 0.3) is 0 Å². The molecular weight excluding hydrogens is 328 g/mol. The summed E-state index contributed by atoms with van der Waals surface area (Å²) >= 11 is 0. The zero-order valence-corrected chi connectivity index (χ0v) is 13.8. The number of nitrogens with zero attached hydrogens (tertiary/aromatic N) is 3. The number of carbonyl (C=O) groups is 1. The lowest BCUT2D eigenvalue weighted by molar-refractivity contribution is 0.0690. The normalized spacial score (nSPS) is 16.7. The maximum Gasteiger partial charge on any atom is 0.354 e. The van der Waals surface area contributed by atoms with E-state index in [0.717, 1.165) is 6.07 Å². The molecule has 25 heavy (non-hydrogen) atoms. The second-order valence-corrected chi connectivity index (χ2v) is 6.05. The van der Waals surface area contributed by atoms with Crippen molar-refractivity contribution in [2.75, 3.05) is 31.1 Å². The Labute approximate surface area is 144 Å². The van der Waals surface area contributed by atoms with Crippen LogP contribution in [0.2, 0.25) is 0 Å². The molecule has 2 aromatic rings. The number of rotatable bonds is 4. The Morgan fingerprint density at radius 1 is 1.16 bits per heavy atom. The first-order chi connectivity index (χ1) is 12.0. The average Bonchev–Trinajstić information content (AvgIpc) is 2.61. The van der Waals surface area contributed by atoms with Crippen LogP contribution in [0.3, 0.4) is 0 Å². The number of benzene rings is 1. The van der Waals surface area contributed by atoms with Gasteiger partial charge in [0.05, 0.1) is 0 Å². The average molecular weight is 347 g/mol. The Bertz CT molecular complexity index is 777. The maximum atomic E-state index is 14.0. The van der Waals surface area contributed by atoms with Gasteiger partial charge in [-0.25, -0.2) is 18.6 Å². The zero-order chi connectivity index (χ0) is 18.0.